The second-order valence-electron chi connectivity index (χ2n) is 9.36. The van der Waals surface area contributed by atoms with E-state index in [2.05, 4.69) is 97.9 Å². The number of hydrogen-bond donors (Lipinski definition) is 0. The summed E-state index contributed by atoms with van der Waals surface area (Å²) in [5.41, 5.74) is 0.0103. The first kappa shape index (κ1) is 24.8. The predicted octanol–water partition coefficient (Wildman–Crippen LogP) is 1.89. The fourth-order valence-corrected chi connectivity index (χ4v) is 9.30. The first-order valence-corrected chi connectivity index (χ1v) is 13.6. The standard InChI is InChI=1S/C28H32O3P.HI/c1-27-21-29-28(30-22-27,31-23-27)19-11-12-20-32(24-13-5-2-6-14-24,25-15-7-3-8-16-25)26-17-9-4-10-18-26;/h2-10,13-18H,11-12,19-23H2,1H3;1H/q+1;/p-1. The van der Waals surface area contributed by atoms with Crippen molar-refractivity contribution in [2.75, 3.05) is 26.0 Å². The predicted molar refractivity (Wildman–Crippen MR) is 133 cm³/mol. The van der Waals surface area contributed by atoms with Gasteiger partial charge in [-0.3, -0.25) is 0 Å². The lowest BCUT2D eigenvalue weighted by Gasteiger charge is -2.50. The van der Waals surface area contributed by atoms with Crippen LogP contribution in [0.25, 0.3) is 0 Å². The third kappa shape index (κ3) is 5.06. The van der Waals surface area contributed by atoms with Crippen molar-refractivity contribution < 1.29 is 38.2 Å². The molecule has 3 aliphatic heterocycles. The van der Waals surface area contributed by atoms with Gasteiger partial charge in [0.05, 0.1) is 26.0 Å². The fraction of sp³-hybridized carbons (Fsp3) is 0.357. The van der Waals surface area contributed by atoms with E-state index in [-0.39, 0.29) is 29.4 Å². The Bertz CT molecular complexity index is 892. The molecule has 5 heteroatoms. The lowest BCUT2D eigenvalue weighted by molar-refractivity contribution is -0.467. The number of ether oxygens (including phenoxy) is 3. The number of rotatable bonds is 8. The molecule has 0 saturated carbocycles. The van der Waals surface area contributed by atoms with E-state index in [0.29, 0.717) is 0 Å². The van der Waals surface area contributed by atoms with Gasteiger partial charge in [-0.1, -0.05) is 61.5 Å². The quantitative estimate of drug-likeness (QED) is 0.234. The summed E-state index contributed by atoms with van der Waals surface area (Å²) >= 11 is 0. The topological polar surface area (TPSA) is 27.7 Å². The van der Waals surface area contributed by atoms with Crippen LogP contribution in [0.15, 0.2) is 91.0 Å². The zero-order valence-electron chi connectivity index (χ0n) is 19.2. The van der Waals surface area contributed by atoms with E-state index in [1.807, 2.05) is 0 Å². The van der Waals surface area contributed by atoms with Gasteiger partial charge in [0.2, 0.25) is 0 Å². The highest BCUT2D eigenvalue weighted by Gasteiger charge is 2.50. The normalized spacial score (nSPS) is 24.3. The van der Waals surface area contributed by atoms with Crippen LogP contribution >= 0.6 is 7.26 Å². The molecule has 3 fully saturated rings. The molecule has 6 rings (SSSR count). The van der Waals surface area contributed by atoms with Crippen molar-refractivity contribution in [3.8, 4) is 0 Å². The largest absolute Gasteiger partial charge is 1.00 e. The molecular weight excluding hydrogens is 542 g/mol. The summed E-state index contributed by atoms with van der Waals surface area (Å²) in [6.45, 7) is 4.33. The maximum Gasteiger partial charge on any atom is 0.282 e. The monoisotopic (exact) mass is 574 g/mol. The van der Waals surface area contributed by atoms with Crippen molar-refractivity contribution in [2.24, 2.45) is 5.41 Å². The second kappa shape index (κ2) is 10.5. The van der Waals surface area contributed by atoms with Crippen molar-refractivity contribution in [3.63, 3.8) is 0 Å². The molecule has 3 saturated heterocycles. The van der Waals surface area contributed by atoms with Crippen molar-refractivity contribution in [2.45, 2.75) is 32.2 Å². The van der Waals surface area contributed by atoms with Gasteiger partial charge in [0.1, 0.15) is 23.2 Å². The van der Waals surface area contributed by atoms with E-state index < -0.39 is 13.2 Å². The molecule has 0 atom stereocenters. The number of benzene rings is 3. The summed E-state index contributed by atoms with van der Waals surface area (Å²) < 4.78 is 18.1. The van der Waals surface area contributed by atoms with E-state index in [4.69, 9.17) is 14.2 Å². The molecule has 2 bridgehead atoms. The molecule has 3 heterocycles. The summed E-state index contributed by atoms with van der Waals surface area (Å²) in [7, 11) is -1.78. The Morgan fingerprint density at radius 1 is 0.636 bits per heavy atom. The Morgan fingerprint density at radius 2 is 1.03 bits per heavy atom. The van der Waals surface area contributed by atoms with Crippen molar-refractivity contribution in [1.82, 2.24) is 0 Å². The van der Waals surface area contributed by atoms with Crippen LogP contribution in [0.1, 0.15) is 26.2 Å². The Balaban J connectivity index is 0.00000259. The van der Waals surface area contributed by atoms with E-state index in [9.17, 15) is 0 Å². The minimum Gasteiger partial charge on any atom is -1.00 e. The Kier molecular flexibility index (Phi) is 7.92. The average molecular weight is 574 g/mol. The third-order valence-corrected chi connectivity index (χ3v) is 11.3. The maximum absolute atomic E-state index is 6.02. The van der Waals surface area contributed by atoms with Crippen LogP contribution in [-0.2, 0) is 14.2 Å². The van der Waals surface area contributed by atoms with Crippen LogP contribution < -0.4 is 39.9 Å². The molecule has 3 aromatic carbocycles. The first-order chi connectivity index (χ1) is 15.6. The Morgan fingerprint density at radius 3 is 1.42 bits per heavy atom. The molecule has 3 aromatic rings. The van der Waals surface area contributed by atoms with Crippen molar-refractivity contribution in [3.05, 3.63) is 91.0 Å². The summed E-state index contributed by atoms with van der Waals surface area (Å²) in [4.78, 5) is 0. The molecule has 174 valence electrons. The number of hydrogen-bond acceptors (Lipinski definition) is 3. The minimum atomic E-state index is -1.78. The smallest absolute Gasteiger partial charge is 0.282 e. The molecule has 3 nitrogen and oxygen atoms in total. The lowest BCUT2D eigenvalue weighted by Crippen LogP contribution is -3.00. The van der Waals surface area contributed by atoms with Crippen LogP contribution in [0.4, 0.5) is 0 Å². The molecule has 33 heavy (non-hydrogen) atoms. The SMILES string of the molecule is CC12COC(CCCC[P+](c3ccccc3)(c3ccccc3)c3ccccc3)(OC1)OC2.[I-]. The van der Waals surface area contributed by atoms with Crippen LogP contribution in [0, 0.1) is 5.41 Å². The van der Waals surface area contributed by atoms with Gasteiger partial charge in [-0.05, 0) is 49.2 Å². The van der Waals surface area contributed by atoms with Crippen LogP contribution in [0.2, 0.25) is 0 Å². The summed E-state index contributed by atoms with van der Waals surface area (Å²) in [5.74, 6) is -0.828. The van der Waals surface area contributed by atoms with Crippen LogP contribution in [0.5, 0.6) is 0 Å². The molecular formula is C28H32IO3P. The zero-order valence-corrected chi connectivity index (χ0v) is 22.2. The van der Waals surface area contributed by atoms with Gasteiger partial charge in [0, 0.05) is 11.8 Å². The van der Waals surface area contributed by atoms with Gasteiger partial charge in [0.25, 0.3) is 5.97 Å². The second-order valence-corrected chi connectivity index (χ2v) is 13.0. The summed E-state index contributed by atoms with van der Waals surface area (Å²) in [6.07, 6.45) is 3.98. The molecule has 0 aliphatic carbocycles. The Hall–Kier alpha value is -1.30. The van der Waals surface area contributed by atoms with E-state index in [1.54, 1.807) is 0 Å². The van der Waals surface area contributed by atoms with Gasteiger partial charge >= 0.3 is 0 Å². The molecule has 0 radical (unpaired) electrons. The zero-order chi connectivity index (χ0) is 21.9. The maximum atomic E-state index is 6.02. The highest BCUT2D eigenvalue weighted by atomic mass is 127. The van der Waals surface area contributed by atoms with Gasteiger partial charge in [-0.15, -0.1) is 0 Å². The summed E-state index contributed by atoms with van der Waals surface area (Å²) in [5, 5.41) is 4.31. The molecule has 0 aromatic heterocycles. The van der Waals surface area contributed by atoms with Gasteiger partial charge < -0.3 is 38.2 Å². The average Bonchev–Trinajstić information content (AvgIpc) is 2.87. The van der Waals surface area contributed by atoms with Gasteiger partial charge in [-0.2, -0.15) is 0 Å². The van der Waals surface area contributed by atoms with E-state index in [0.717, 1.165) is 45.2 Å². The van der Waals surface area contributed by atoms with Gasteiger partial charge in [0.15, 0.2) is 0 Å². The lowest BCUT2D eigenvalue weighted by atomic mass is 9.91. The third-order valence-electron chi connectivity index (χ3n) is 6.74. The number of halogens is 1. The molecule has 0 unspecified atom stereocenters. The molecule has 0 spiro atoms. The van der Waals surface area contributed by atoms with Crippen molar-refractivity contribution in [1.29, 1.82) is 0 Å². The molecule has 0 amide bonds. The summed E-state index contributed by atoms with van der Waals surface area (Å²) in [6, 6.07) is 33.2. The van der Waals surface area contributed by atoms with E-state index in [1.165, 1.54) is 15.9 Å². The van der Waals surface area contributed by atoms with Gasteiger partial charge in [-0.25, -0.2) is 0 Å². The number of fused-ring (bicyclic) bond motifs is 3. The first-order valence-electron chi connectivity index (χ1n) is 11.6. The molecule has 0 N–H and O–H groups in total. The highest BCUT2D eigenvalue weighted by molar-refractivity contribution is 7.95. The van der Waals surface area contributed by atoms with Crippen LogP contribution in [0.3, 0.4) is 0 Å². The van der Waals surface area contributed by atoms with E-state index >= 15 is 0 Å². The molecule has 3 aliphatic rings. The van der Waals surface area contributed by atoms with Crippen molar-refractivity contribution >= 4 is 23.2 Å². The van der Waals surface area contributed by atoms with Crippen LogP contribution in [-0.4, -0.2) is 32.0 Å². The Labute approximate surface area is 215 Å². The highest BCUT2D eigenvalue weighted by Crippen LogP contribution is 2.56. The minimum absolute atomic E-state index is 0. The fourth-order valence-electron chi connectivity index (χ4n) is 4.89. The number of unbranched alkanes of at least 4 members (excludes halogenated alkanes) is 1.